The minimum Gasteiger partial charge on any atom is -0.351 e. The quantitative estimate of drug-likeness (QED) is 0.753. The van der Waals surface area contributed by atoms with Crippen molar-refractivity contribution < 1.29 is 9.18 Å². The van der Waals surface area contributed by atoms with E-state index in [9.17, 15) is 9.18 Å². The van der Waals surface area contributed by atoms with Crippen molar-refractivity contribution in [2.45, 2.75) is 37.6 Å². The minimum absolute atomic E-state index is 0.0122. The Morgan fingerprint density at radius 3 is 2.59 bits per heavy atom. The summed E-state index contributed by atoms with van der Waals surface area (Å²) >= 11 is 0. The topological polar surface area (TPSA) is 59.8 Å². The van der Waals surface area contributed by atoms with Gasteiger partial charge in [-0.2, -0.15) is 5.10 Å². The Balaban J connectivity index is 1.56. The van der Waals surface area contributed by atoms with Crippen LogP contribution in [0.5, 0.6) is 0 Å². The summed E-state index contributed by atoms with van der Waals surface area (Å²) in [7, 11) is 0. The Labute approximate surface area is 157 Å². The maximum Gasteiger partial charge on any atom is 0.230 e. The van der Waals surface area contributed by atoms with Crippen LogP contribution in [0.15, 0.2) is 61.1 Å². The molecule has 0 bridgehead atoms. The first-order valence-electron chi connectivity index (χ1n) is 9.17. The smallest absolute Gasteiger partial charge is 0.230 e. The van der Waals surface area contributed by atoms with E-state index in [1.54, 1.807) is 29.2 Å². The van der Waals surface area contributed by atoms with Crippen molar-refractivity contribution in [3.63, 3.8) is 0 Å². The van der Waals surface area contributed by atoms with Gasteiger partial charge in [-0.05, 0) is 42.7 Å². The fourth-order valence-electron chi connectivity index (χ4n) is 3.91. The number of halogens is 1. The van der Waals surface area contributed by atoms with Crippen LogP contribution < -0.4 is 5.32 Å². The highest BCUT2D eigenvalue weighted by Gasteiger charge is 2.42. The molecule has 0 unspecified atom stereocenters. The van der Waals surface area contributed by atoms with E-state index in [1.165, 1.54) is 12.1 Å². The molecule has 0 atom stereocenters. The van der Waals surface area contributed by atoms with E-state index in [1.807, 2.05) is 24.4 Å². The van der Waals surface area contributed by atoms with Crippen LogP contribution in [0.3, 0.4) is 0 Å². The third-order valence-electron chi connectivity index (χ3n) is 5.32. The van der Waals surface area contributed by atoms with E-state index in [4.69, 9.17) is 0 Å². The second-order valence-corrected chi connectivity index (χ2v) is 6.92. The average molecular weight is 364 g/mol. The second kappa shape index (κ2) is 7.31. The molecule has 0 spiro atoms. The zero-order valence-corrected chi connectivity index (χ0v) is 14.9. The first-order valence-corrected chi connectivity index (χ1v) is 9.17. The molecule has 1 aliphatic carbocycles. The molecule has 0 aliphatic heterocycles. The third kappa shape index (κ3) is 3.35. The van der Waals surface area contributed by atoms with Gasteiger partial charge in [-0.25, -0.2) is 14.1 Å². The van der Waals surface area contributed by atoms with Gasteiger partial charge >= 0.3 is 0 Å². The van der Waals surface area contributed by atoms with Gasteiger partial charge in [0.2, 0.25) is 5.91 Å². The number of carbonyl (C=O) groups is 1. The predicted octanol–water partition coefficient (Wildman–Crippen LogP) is 3.53. The number of rotatable bonds is 5. The van der Waals surface area contributed by atoms with Gasteiger partial charge in [-0.3, -0.25) is 4.79 Å². The van der Waals surface area contributed by atoms with Crippen LogP contribution in [-0.4, -0.2) is 20.7 Å². The summed E-state index contributed by atoms with van der Waals surface area (Å²) in [5.41, 5.74) is 1.20. The Hall–Kier alpha value is -3.02. The van der Waals surface area contributed by atoms with Crippen LogP contribution in [0.2, 0.25) is 0 Å². The molecule has 138 valence electrons. The van der Waals surface area contributed by atoms with Gasteiger partial charge in [0.15, 0.2) is 5.82 Å². The number of nitrogens with zero attached hydrogens (tertiary/aromatic N) is 3. The van der Waals surface area contributed by atoms with E-state index < -0.39 is 5.41 Å². The highest BCUT2D eigenvalue weighted by molar-refractivity contribution is 5.88. The molecule has 1 aromatic carbocycles. The lowest BCUT2D eigenvalue weighted by atomic mass is 9.78. The normalized spacial score (nSPS) is 15.6. The molecule has 0 radical (unpaired) electrons. The number of nitrogens with one attached hydrogen (secondary N) is 1. The summed E-state index contributed by atoms with van der Waals surface area (Å²) in [6, 6.07) is 11.9. The van der Waals surface area contributed by atoms with E-state index in [0.29, 0.717) is 12.4 Å². The lowest BCUT2D eigenvalue weighted by Gasteiger charge is -2.28. The van der Waals surface area contributed by atoms with Gasteiger partial charge in [0.1, 0.15) is 5.82 Å². The summed E-state index contributed by atoms with van der Waals surface area (Å²) < 4.78 is 15.0. The maximum absolute atomic E-state index is 13.3. The summed E-state index contributed by atoms with van der Waals surface area (Å²) in [6.45, 7) is 0.366. The molecule has 1 amide bonds. The van der Waals surface area contributed by atoms with E-state index in [0.717, 1.165) is 36.8 Å². The first-order chi connectivity index (χ1) is 13.2. The van der Waals surface area contributed by atoms with Gasteiger partial charge in [-0.15, -0.1) is 0 Å². The van der Waals surface area contributed by atoms with Crippen molar-refractivity contribution in [2.75, 3.05) is 0 Å². The van der Waals surface area contributed by atoms with Gasteiger partial charge in [-0.1, -0.05) is 31.0 Å². The van der Waals surface area contributed by atoms with Gasteiger partial charge in [0.25, 0.3) is 0 Å². The summed E-state index contributed by atoms with van der Waals surface area (Å²) in [6.07, 6.45) is 8.78. The summed E-state index contributed by atoms with van der Waals surface area (Å²) in [5, 5.41) is 7.31. The summed E-state index contributed by atoms with van der Waals surface area (Å²) in [4.78, 5) is 17.6. The standard InChI is InChI=1S/C21H21FN4O/c22-18-8-6-17(7-9-18)21(10-1-2-11-21)20(27)24-15-16-5-3-12-23-19(16)26-14-4-13-25-26/h3-9,12-14H,1-2,10-11,15H2,(H,24,27). The molecule has 6 heteroatoms. The number of carbonyl (C=O) groups excluding carboxylic acids is 1. The Morgan fingerprint density at radius 2 is 1.89 bits per heavy atom. The molecule has 1 N–H and O–H groups in total. The lowest BCUT2D eigenvalue weighted by molar-refractivity contribution is -0.126. The maximum atomic E-state index is 13.3. The fraction of sp³-hybridized carbons (Fsp3) is 0.286. The summed E-state index contributed by atoms with van der Waals surface area (Å²) in [5.74, 6) is 0.401. The van der Waals surface area contributed by atoms with E-state index in [2.05, 4.69) is 15.4 Å². The van der Waals surface area contributed by atoms with Crippen molar-refractivity contribution in [1.82, 2.24) is 20.1 Å². The Morgan fingerprint density at radius 1 is 1.11 bits per heavy atom. The van der Waals surface area contributed by atoms with Crippen molar-refractivity contribution in [2.24, 2.45) is 0 Å². The highest BCUT2D eigenvalue weighted by Crippen LogP contribution is 2.41. The van der Waals surface area contributed by atoms with Crippen molar-refractivity contribution >= 4 is 5.91 Å². The molecular formula is C21H21FN4O. The molecule has 27 heavy (non-hydrogen) atoms. The number of benzene rings is 1. The number of hydrogen-bond acceptors (Lipinski definition) is 3. The Bertz CT molecular complexity index is 916. The van der Waals surface area contributed by atoms with Crippen LogP contribution in [-0.2, 0) is 16.8 Å². The van der Waals surface area contributed by atoms with Crippen LogP contribution in [0.4, 0.5) is 4.39 Å². The largest absolute Gasteiger partial charge is 0.351 e. The number of hydrogen-bond donors (Lipinski definition) is 1. The number of amides is 1. The van der Waals surface area contributed by atoms with Gasteiger partial charge in [0.05, 0.1) is 5.41 Å². The van der Waals surface area contributed by atoms with Gasteiger partial charge in [0, 0.05) is 30.7 Å². The zero-order chi connectivity index (χ0) is 18.7. The molecular weight excluding hydrogens is 343 g/mol. The predicted molar refractivity (Wildman–Crippen MR) is 99.8 cm³/mol. The molecule has 0 saturated heterocycles. The molecule has 3 aromatic rings. The second-order valence-electron chi connectivity index (χ2n) is 6.92. The van der Waals surface area contributed by atoms with Crippen LogP contribution in [0, 0.1) is 5.82 Å². The molecule has 1 fully saturated rings. The van der Waals surface area contributed by atoms with Crippen molar-refractivity contribution in [3.8, 4) is 5.82 Å². The Kier molecular flexibility index (Phi) is 4.71. The molecule has 4 rings (SSSR count). The van der Waals surface area contributed by atoms with Crippen LogP contribution in [0.1, 0.15) is 36.8 Å². The van der Waals surface area contributed by atoms with Crippen LogP contribution >= 0.6 is 0 Å². The lowest BCUT2D eigenvalue weighted by Crippen LogP contribution is -2.42. The minimum atomic E-state index is -0.582. The monoisotopic (exact) mass is 364 g/mol. The van der Waals surface area contributed by atoms with Crippen molar-refractivity contribution in [1.29, 1.82) is 0 Å². The molecule has 2 aromatic heterocycles. The first kappa shape index (κ1) is 17.4. The fourth-order valence-corrected chi connectivity index (χ4v) is 3.91. The van der Waals surface area contributed by atoms with E-state index >= 15 is 0 Å². The molecule has 1 aliphatic rings. The van der Waals surface area contributed by atoms with E-state index in [-0.39, 0.29) is 11.7 Å². The molecule has 5 nitrogen and oxygen atoms in total. The zero-order valence-electron chi connectivity index (χ0n) is 14.9. The molecule has 2 heterocycles. The SMILES string of the molecule is O=C(NCc1cccnc1-n1cccn1)C1(c2ccc(F)cc2)CCCC1. The average Bonchev–Trinajstić information content (AvgIpc) is 3.39. The number of aromatic nitrogens is 3. The van der Waals surface area contributed by atoms with Crippen molar-refractivity contribution in [3.05, 3.63) is 78.0 Å². The van der Waals surface area contributed by atoms with Gasteiger partial charge < -0.3 is 5.32 Å². The van der Waals surface area contributed by atoms with Crippen LogP contribution in [0.25, 0.3) is 5.82 Å². The molecule has 1 saturated carbocycles. The highest BCUT2D eigenvalue weighted by atomic mass is 19.1. The third-order valence-corrected chi connectivity index (χ3v) is 5.32. The number of pyridine rings is 1.